The van der Waals surface area contributed by atoms with Gasteiger partial charge in [0.05, 0.1) is 9.26 Å². The van der Waals surface area contributed by atoms with Crippen LogP contribution in [0.1, 0.15) is 24.5 Å². The topological polar surface area (TPSA) is 25.8 Å². The fourth-order valence-corrected chi connectivity index (χ4v) is 2.74. The van der Waals surface area contributed by atoms with Gasteiger partial charge < -0.3 is 0 Å². The van der Waals surface area contributed by atoms with Crippen LogP contribution in [0.2, 0.25) is 5.15 Å². The van der Waals surface area contributed by atoms with Gasteiger partial charge in [-0.15, -0.1) is 0 Å². The molecule has 1 saturated carbocycles. The molecule has 1 aromatic heterocycles. The van der Waals surface area contributed by atoms with Crippen molar-refractivity contribution in [1.29, 1.82) is 0 Å². The first-order valence-corrected chi connectivity index (χ1v) is 7.31. The van der Waals surface area contributed by atoms with Crippen LogP contribution in [-0.2, 0) is 0 Å². The highest BCUT2D eigenvalue weighted by Gasteiger charge is 2.29. The normalized spacial score (nSPS) is 14.7. The first-order chi connectivity index (χ1) is 9.47. The molecule has 3 rings (SSSR count). The highest BCUT2D eigenvalue weighted by Crippen LogP contribution is 2.42. The summed E-state index contributed by atoms with van der Waals surface area (Å²) in [6.07, 6.45) is 2.02. The lowest BCUT2D eigenvalue weighted by Gasteiger charge is -2.08. The molecule has 1 heterocycles. The summed E-state index contributed by atoms with van der Waals surface area (Å²) in [6, 6.07) is 1.74. The molecule has 2 nitrogen and oxygen atoms in total. The summed E-state index contributed by atoms with van der Waals surface area (Å²) in [7, 11) is 0. The number of rotatable bonds is 2. The van der Waals surface area contributed by atoms with Gasteiger partial charge in [-0.2, -0.15) is 0 Å². The Morgan fingerprint density at radius 2 is 1.70 bits per heavy atom. The Labute approximate surface area is 131 Å². The molecule has 0 spiro atoms. The number of aromatic nitrogens is 2. The van der Waals surface area contributed by atoms with E-state index < -0.39 is 17.5 Å². The predicted octanol–water partition coefficient (Wildman–Crippen LogP) is 4.70. The van der Waals surface area contributed by atoms with Gasteiger partial charge in [-0.05, 0) is 47.6 Å². The molecule has 1 fully saturated rings. The molecule has 1 aromatic carbocycles. The van der Waals surface area contributed by atoms with Gasteiger partial charge in [0.2, 0.25) is 0 Å². The average molecular weight is 411 g/mol. The van der Waals surface area contributed by atoms with E-state index in [0.717, 1.165) is 34.2 Å². The molecule has 1 aliphatic carbocycles. The van der Waals surface area contributed by atoms with Crippen molar-refractivity contribution in [3.8, 4) is 11.4 Å². The Balaban J connectivity index is 2.15. The van der Waals surface area contributed by atoms with Gasteiger partial charge in [0, 0.05) is 11.5 Å². The second-order valence-electron chi connectivity index (χ2n) is 4.57. The van der Waals surface area contributed by atoms with Gasteiger partial charge in [-0.1, -0.05) is 11.6 Å². The Hall–Kier alpha value is -0.890. The molecule has 1 aliphatic rings. The lowest BCUT2D eigenvalue weighted by Crippen LogP contribution is -2.01. The molecule has 20 heavy (non-hydrogen) atoms. The summed E-state index contributed by atoms with van der Waals surface area (Å²) >= 11 is 8.08. The van der Waals surface area contributed by atoms with Crippen LogP contribution < -0.4 is 0 Å². The standard InChI is InChI=1S/C13H7ClF3IN2/c14-12-10(18)11(5-1-2-5)19-13(20-12)6-3-7(15)9(17)8(16)4-6/h3-5H,1-2H2. The van der Waals surface area contributed by atoms with Crippen molar-refractivity contribution in [2.24, 2.45) is 0 Å². The Morgan fingerprint density at radius 1 is 1.10 bits per heavy atom. The van der Waals surface area contributed by atoms with Crippen molar-refractivity contribution >= 4 is 34.2 Å². The minimum absolute atomic E-state index is 0.0709. The van der Waals surface area contributed by atoms with Crippen LogP contribution >= 0.6 is 34.2 Å². The van der Waals surface area contributed by atoms with Crippen molar-refractivity contribution in [1.82, 2.24) is 9.97 Å². The molecular weight excluding hydrogens is 404 g/mol. The van der Waals surface area contributed by atoms with E-state index in [2.05, 4.69) is 9.97 Å². The zero-order valence-electron chi connectivity index (χ0n) is 9.93. The van der Waals surface area contributed by atoms with E-state index in [9.17, 15) is 13.2 Å². The van der Waals surface area contributed by atoms with Crippen molar-refractivity contribution < 1.29 is 13.2 Å². The van der Waals surface area contributed by atoms with Crippen LogP contribution in [0.3, 0.4) is 0 Å². The van der Waals surface area contributed by atoms with Gasteiger partial charge in [-0.3, -0.25) is 0 Å². The largest absolute Gasteiger partial charge is 0.232 e. The van der Waals surface area contributed by atoms with Gasteiger partial charge in [-0.25, -0.2) is 23.1 Å². The Bertz CT molecular complexity index is 681. The summed E-state index contributed by atoms with van der Waals surface area (Å²) in [4.78, 5) is 8.34. The maximum atomic E-state index is 13.3. The second kappa shape index (κ2) is 5.14. The van der Waals surface area contributed by atoms with Crippen molar-refractivity contribution in [3.63, 3.8) is 0 Å². The third-order valence-electron chi connectivity index (χ3n) is 3.04. The number of hydrogen-bond acceptors (Lipinski definition) is 2. The summed E-state index contributed by atoms with van der Waals surface area (Å²) in [5.41, 5.74) is 0.854. The molecular formula is C13H7ClF3IN2. The first-order valence-electron chi connectivity index (χ1n) is 5.85. The van der Waals surface area contributed by atoms with E-state index >= 15 is 0 Å². The van der Waals surface area contributed by atoms with E-state index in [1.807, 2.05) is 22.6 Å². The summed E-state index contributed by atoms with van der Waals surface area (Å²) in [6.45, 7) is 0. The smallest absolute Gasteiger partial charge is 0.194 e. The number of hydrogen-bond donors (Lipinski definition) is 0. The molecule has 104 valence electrons. The van der Waals surface area contributed by atoms with Crippen LogP contribution in [0.25, 0.3) is 11.4 Å². The van der Waals surface area contributed by atoms with Crippen LogP contribution in [0, 0.1) is 21.0 Å². The van der Waals surface area contributed by atoms with E-state index in [1.165, 1.54) is 0 Å². The van der Waals surface area contributed by atoms with Gasteiger partial charge in [0.1, 0.15) is 5.15 Å². The van der Waals surface area contributed by atoms with Crippen LogP contribution in [-0.4, -0.2) is 9.97 Å². The Morgan fingerprint density at radius 3 is 2.25 bits per heavy atom. The fourth-order valence-electron chi connectivity index (χ4n) is 1.88. The number of nitrogens with zero attached hydrogens (tertiary/aromatic N) is 2. The molecule has 2 aromatic rings. The maximum absolute atomic E-state index is 13.3. The zero-order chi connectivity index (χ0) is 14.4. The van der Waals surface area contributed by atoms with Crippen molar-refractivity contribution in [3.05, 3.63) is 44.0 Å². The highest BCUT2D eigenvalue weighted by molar-refractivity contribution is 14.1. The predicted molar refractivity (Wildman–Crippen MR) is 77.0 cm³/mol. The number of benzene rings is 1. The molecule has 0 aliphatic heterocycles. The average Bonchev–Trinajstić information content (AvgIpc) is 3.22. The molecule has 0 amide bonds. The lowest BCUT2D eigenvalue weighted by molar-refractivity contribution is 0.447. The minimum Gasteiger partial charge on any atom is -0.232 e. The zero-order valence-corrected chi connectivity index (χ0v) is 12.8. The monoisotopic (exact) mass is 410 g/mol. The van der Waals surface area contributed by atoms with Crippen LogP contribution in [0.15, 0.2) is 12.1 Å². The third kappa shape index (κ3) is 2.50. The number of halogens is 5. The SMILES string of the molecule is Fc1cc(-c2nc(Cl)c(I)c(C3CC3)n2)cc(F)c1F. The van der Waals surface area contributed by atoms with E-state index in [4.69, 9.17) is 11.6 Å². The molecule has 0 unspecified atom stereocenters. The summed E-state index contributed by atoms with van der Waals surface area (Å²) in [5.74, 6) is -3.63. The van der Waals surface area contributed by atoms with Gasteiger partial charge >= 0.3 is 0 Å². The van der Waals surface area contributed by atoms with Crippen molar-refractivity contribution in [2.75, 3.05) is 0 Å². The quantitative estimate of drug-likeness (QED) is 0.408. The fraction of sp³-hybridized carbons (Fsp3) is 0.231. The second-order valence-corrected chi connectivity index (χ2v) is 6.00. The summed E-state index contributed by atoms with van der Waals surface area (Å²) in [5, 5.41) is 0.239. The summed E-state index contributed by atoms with van der Waals surface area (Å²) < 4.78 is 40.3. The lowest BCUT2D eigenvalue weighted by atomic mass is 10.2. The molecule has 0 N–H and O–H groups in total. The van der Waals surface area contributed by atoms with Gasteiger partial charge in [0.15, 0.2) is 23.3 Å². The highest BCUT2D eigenvalue weighted by atomic mass is 127. The molecule has 0 radical (unpaired) electrons. The Kier molecular flexibility index (Phi) is 3.62. The molecule has 0 atom stereocenters. The maximum Gasteiger partial charge on any atom is 0.194 e. The van der Waals surface area contributed by atoms with E-state index in [-0.39, 0.29) is 16.5 Å². The van der Waals surface area contributed by atoms with Crippen LogP contribution in [0.4, 0.5) is 13.2 Å². The molecule has 0 bridgehead atoms. The molecule has 7 heteroatoms. The third-order valence-corrected chi connectivity index (χ3v) is 4.70. The minimum atomic E-state index is -1.51. The first kappa shape index (κ1) is 14.1. The van der Waals surface area contributed by atoms with E-state index in [0.29, 0.717) is 5.92 Å². The van der Waals surface area contributed by atoms with Crippen molar-refractivity contribution in [2.45, 2.75) is 18.8 Å². The van der Waals surface area contributed by atoms with E-state index in [1.54, 1.807) is 0 Å². The molecule has 0 saturated heterocycles. The van der Waals surface area contributed by atoms with Crippen LogP contribution in [0.5, 0.6) is 0 Å². The van der Waals surface area contributed by atoms with Gasteiger partial charge in [0.25, 0.3) is 0 Å².